The summed E-state index contributed by atoms with van der Waals surface area (Å²) in [5.74, 6) is -1.20. The minimum Gasteiger partial charge on any atom is -0.507 e. The maximum atomic E-state index is 12.3. The fraction of sp³-hybridized carbons (Fsp3) is 0.250. The van der Waals surface area contributed by atoms with Crippen molar-refractivity contribution in [3.63, 3.8) is 0 Å². The Bertz CT molecular complexity index is 447. The van der Waals surface area contributed by atoms with Gasteiger partial charge in [0.05, 0.1) is 18.2 Å². The van der Waals surface area contributed by atoms with Gasteiger partial charge < -0.3 is 9.84 Å². The van der Waals surface area contributed by atoms with E-state index in [-0.39, 0.29) is 12.2 Å². The number of aliphatic hydroxyl groups excluding tert-OH is 1. The van der Waals surface area contributed by atoms with Gasteiger partial charge in [0.2, 0.25) is 0 Å². The highest BCUT2D eigenvalue weighted by Gasteiger charge is 2.30. The van der Waals surface area contributed by atoms with Crippen molar-refractivity contribution in [1.82, 2.24) is 0 Å². The molecule has 0 saturated carbocycles. The molecule has 0 aliphatic carbocycles. The summed E-state index contributed by atoms with van der Waals surface area (Å²) in [5, 5.41) is 9.49. The summed E-state index contributed by atoms with van der Waals surface area (Å²) >= 11 is 0. The van der Waals surface area contributed by atoms with Gasteiger partial charge in [0.1, 0.15) is 5.76 Å². The molecule has 0 amide bonds. The van der Waals surface area contributed by atoms with E-state index >= 15 is 0 Å². The second-order valence-electron chi connectivity index (χ2n) is 3.36. The van der Waals surface area contributed by atoms with E-state index in [1.165, 1.54) is 0 Å². The van der Waals surface area contributed by atoms with Crippen molar-refractivity contribution in [2.45, 2.75) is 13.1 Å². The van der Waals surface area contributed by atoms with Gasteiger partial charge in [-0.1, -0.05) is 12.1 Å². The molecule has 0 bridgehead atoms. The average Bonchev–Trinajstić information content (AvgIpc) is 2.28. The van der Waals surface area contributed by atoms with Crippen LogP contribution in [0.1, 0.15) is 18.1 Å². The molecule has 0 atom stereocenters. The molecule has 0 aliphatic rings. The highest BCUT2D eigenvalue weighted by molar-refractivity contribution is 5.89. The Morgan fingerprint density at radius 2 is 1.89 bits per heavy atom. The van der Waals surface area contributed by atoms with Crippen molar-refractivity contribution in [1.29, 1.82) is 0 Å². The normalized spacial score (nSPS) is 12.3. The second kappa shape index (κ2) is 5.57. The van der Waals surface area contributed by atoms with Crippen LogP contribution in [0.4, 0.5) is 13.2 Å². The second-order valence-corrected chi connectivity index (χ2v) is 3.36. The highest BCUT2D eigenvalue weighted by Crippen LogP contribution is 2.29. The molecule has 0 fully saturated rings. The van der Waals surface area contributed by atoms with Crippen LogP contribution in [-0.2, 0) is 15.7 Å². The maximum absolute atomic E-state index is 12.3. The number of alkyl halides is 3. The van der Waals surface area contributed by atoms with Crippen LogP contribution in [-0.4, -0.2) is 17.7 Å². The molecule has 18 heavy (non-hydrogen) atoms. The van der Waals surface area contributed by atoms with Gasteiger partial charge in [-0.05, 0) is 19.1 Å². The first-order valence-corrected chi connectivity index (χ1v) is 5.09. The van der Waals surface area contributed by atoms with Gasteiger partial charge in [-0.15, -0.1) is 0 Å². The Balaban J connectivity index is 2.89. The highest BCUT2D eigenvalue weighted by atomic mass is 19.4. The van der Waals surface area contributed by atoms with E-state index in [2.05, 4.69) is 4.74 Å². The van der Waals surface area contributed by atoms with Crippen LogP contribution >= 0.6 is 0 Å². The summed E-state index contributed by atoms with van der Waals surface area (Å²) < 4.78 is 41.4. The molecular formula is C12H11F3O3. The SMILES string of the molecule is CCOC(=O)C=C(O)c1ccc(C(F)(F)F)cc1. The van der Waals surface area contributed by atoms with E-state index in [1.807, 2.05) is 0 Å². The zero-order valence-electron chi connectivity index (χ0n) is 9.49. The lowest BCUT2D eigenvalue weighted by molar-refractivity contribution is -0.138. The number of rotatable bonds is 3. The first-order valence-electron chi connectivity index (χ1n) is 5.09. The minimum absolute atomic E-state index is 0.107. The van der Waals surface area contributed by atoms with Crippen LogP contribution in [0.15, 0.2) is 30.3 Å². The van der Waals surface area contributed by atoms with E-state index in [9.17, 15) is 23.1 Å². The molecule has 1 aromatic carbocycles. The van der Waals surface area contributed by atoms with Gasteiger partial charge in [-0.3, -0.25) is 0 Å². The molecule has 0 spiro atoms. The Morgan fingerprint density at radius 1 is 1.33 bits per heavy atom. The van der Waals surface area contributed by atoms with Crippen LogP contribution in [0, 0.1) is 0 Å². The molecule has 1 rings (SSSR count). The first-order chi connectivity index (χ1) is 8.34. The Kier molecular flexibility index (Phi) is 4.36. The number of halogens is 3. The maximum Gasteiger partial charge on any atom is 0.416 e. The van der Waals surface area contributed by atoms with Crippen LogP contribution in [0.5, 0.6) is 0 Å². The third kappa shape index (κ3) is 3.80. The summed E-state index contributed by atoms with van der Waals surface area (Å²) in [6.45, 7) is 1.75. The number of ether oxygens (including phenoxy) is 1. The number of aliphatic hydroxyl groups is 1. The topological polar surface area (TPSA) is 46.5 Å². The number of hydrogen-bond donors (Lipinski definition) is 1. The molecule has 0 saturated heterocycles. The predicted octanol–water partition coefficient (Wildman–Crippen LogP) is 3.17. The molecule has 0 aromatic heterocycles. The van der Waals surface area contributed by atoms with Gasteiger partial charge in [0.25, 0.3) is 0 Å². The van der Waals surface area contributed by atoms with Crippen molar-refractivity contribution in [3.8, 4) is 0 Å². The fourth-order valence-electron chi connectivity index (χ4n) is 1.21. The molecule has 0 heterocycles. The molecular weight excluding hydrogens is 249 g/mol. The summed E-state index contributed by atoms with van der Waals surface area (Å²) in [5.41, 5.74) is -0.716. The van der Waals surface area contributed by atoms with E-state index in [0.717, 1.165) is 30.3 Å². The van der Waals surface area contributed by atoms with Crippen molar-refractivity contribution in [2.75, 3.05) is 6.61 Å². The van der Waals surface area contributed by atoms with Crippen LogP contribution in [0.3, 0.4) is 0 Å². The zero-order chi connectivity index (χ0) is 13.8. The van der Waals surface area contributed by atoms with Gasteiger partial charge in [0.15, 0.2) is 0 Å². The molecule has 1 N–H and O–H groups in total. The Morgan fingerprint density at radius 3 is 2.33 bits per heavy atom. The van der Waals surface area contributed by atoms with Crippen molar-refractivity contribution in [2.24, 2.45) is 0 Å². The van der Waals surface area contributed by atoms with Crippen molar-refractivity contribution < 1.29 is 27.8 Å². The Labute approximate surface area is 101 Å². The lowest BCUT2D eigenvalue weighted by Crippen LogP contribution is -2.04. The van der Waals surface area contributed by atoms with Crippen LogP contribution < -0.4 is 0 Å². The van der Waals surface area contributed by atoms with E-state index in [4.69, 9.17) is 0 Å². The van der Waals surface area contributed by atoms with Gasteiger partial charge in [-0.25, -0.2) is 4.79 Å². The number of esters is 1. The van der Waals surface area contributed by atoms with Crippen molar-refractivity contribution >= 4 is 11.7 Å². The molecule has 98 valence electrons. The van der Waals surface area contributed by atoms with Gasteiger partial charge >= 0.3 is 12.1 Å². The number of hydrogen-bond acceptors (Lipinski definition) is 3. The lowest BCUT2D eigenvalue weighted by atomic mass is 10.1. The third-order valence-corrected chi connectivity index (χ3v) is 2.05. The van der Waals surface area contributed by atoms with E-state index in [0.29, 0.717) is 0 Å². The smallest absolute Gasteiger partial charge is 0.416 e. The molecule has 0 radical (unpaired) electrons. The monoisotopic (exact) mass is 260 g/mol. The summed E-state index contributed by atoms with van der Waals surface area (Å²) in [6.07, 6.45) is -3.62. The number of benzene rings is 1. The summed E-state index contributed by atoms with van der Waals surface area (Å²) in [6, 6.07) is 3.80. The molecule has 1 aromatic rings. The van der Waals surface area contributed by atoms with Gasteiger partial charge in [-0.2, -0.15) is 13.2 Å². The van der Waals surface area contributed by atoms with Crippen LogP contribution in [0.25, 0.3) is 5.76 Å². The number of carbonyl (C=O) groups is 1. The third-order valence-electron chi connectivity index (χ3n) is 2.05. The van der Waals surface area contributed by atoms with Crippen molar-refractivity contribution in [3.05, 3.63) is 41.5 Å². The molecule has 6 heteroatoms. The zero-order valence-corrected chi connectivity index (χ0v) is 9.49. The number of carbonyl (C=O) groups excluding carboxylic acids is 1. The molecule has 3 nitrogen and oxygen atoms in total. The quantitative estimate of drug-likeness (QED) is 0.516. The fourth-order valence-corrected chi connectivity index (χ4v) is 1.21. The first kappa shape index (κ1) is 14.1. The summed E-state index contributed by atoms with van der Waals surface area (Å²) in [7, 11) is 0. The van der Waals surface area contributed by atoms with E-state index < -0.39 is 23.5 Å². The summed E-state index contributed by atoms with van der Waals surface area (Å²) in [4.78, 5) is 11.0. The molecule has 0 unspecified atom stereocenters. The lowest BCUT2D eigenvalue weighted by Gasteiger charge is -2.07. The predicted molar refractivity (Wildman–Crippen MR) is 58.7 cm³/mol. The molecule has 0 aliphatic heterocycles. The van der Waals surface area contributed by atoms with Gasteiger partial charge in [0, 0.05) is 5.56 Å². The average molecular weight is 260 g/mol. The standard InChI is InChI=1S/C12H11F3O3/c1-2-18-11(17)7-10(16)8-3-5-9(6-4-8)12(13,14)15/h3-7,16H,2H2,1H3. The largest absolute Gasteiger partial charge is 0.507 e. The van der Waals surface area contributed by atoms with Crippen LogP contribution in [0.2, 0.25) is 0 Å². The Hall–Kier alpha value is -1.98. The minimum atomic E-state index is -4.43. The van der Waals surface area contributed by atoms with E-state index in [1.54, 1.807) is 6.92 Å².